The van der Waals surface area contributed by atoms with Gasteiger partial charge in [-0.05, 0) is 49.4 Å². The molecule has 122 valence electrons. The van der Waals surface area contributed by atoms with E-state index in [9.17, 15) is 4.79 Å². The van der Waals surface area contributed by atoms with Crippen molar-refractivity contribution in [2.45, 2.75) is 13.3 Å². The molecular weight excluding hydrogens is 335 g/mol. The van der Waals surface area contributed by atoms with Crippen LogP contribution in [-0.4, -0.2) is 19.1 Å². The van der Waals surface area contributed by atoms with E-state index in [1.165, 1.54) is 0 Å². The van der Waals surface area contributed by atoms with E-state index in [4.69, 9.17) is 27.9 Å². The van der Waals surface area contributed by atoms with E-state index in [1.54, 1.807) is 18.2 Å². The fourth-order valence-corrected chi connectivity index (χ4v) is 2.42. The predicted octanol–water partition coefficient (Wildman–Crippen LogP) is 4.83. The molecule has 0 saturated heterocycles. The standard InChI is InChI=1S/C17H18Cl2N2O2/c1-2-23-14-6-4-13(5-7-14)20-10-9-17(22)21-16-8-3-12(18)11-15(16)19/h3-8,11,20H,2,9-10H2,1H3,(H,21,22). The summed E-state index contributed by atoms with van der Waals surface area (Å²) in [6.45, 7) is 3.10. The van der Waals surface area contributed by atoms with E-state index in [-0.39, 0.29) is 5.91 Å². The number of hydrogen-bond donors (Lipinski definition) is 2. The summed E-state index contributed by atoms with van der Waals surface area (Å²) in [6.07, 6.45) is 0.326. The zero-order valence-corrected chi connectivity index (χ0v) is 14.2. The van der Waals surface area contributed by atoms with Gasteiger partial charge in [-0.15, -0.1) is 0 Å². The Kier molecular flexibility index (Phi) is 6.56. The van der Waals surface area contributed by atoms with Crippen molar-refractivity contribution in [1.29, 1.82) is 0 Å². The van der Waals surface area contributed by atoms with Gasteiger partial charge < -0.3 is 15.4 Å². The quantitative estimate of drug-likeness (QED) is 0.749. The van der Waals surface area contributed by atoms with Crippen molar-refractivity contribution in [3.63, 3.8) is 0 Å². The largest absolute Gasteiger partial charge is 0.494 e. The number of rotatable bonds is 7. The highest BCUT2D eigenvalue weighted by Gasteiger charge is 2.06. The first-order valence-electron chi connectivity index (χ1n) is 7.30. The number of amides is 1. The van der Waals surface area contributed by atoms with Crippen molar-refractivity contribution in [1.82, 2.24) is 0 Å². The molecule has 2 aromatic carbocycles. The van der Waals surface area contributed by atoms with Gasteiger partial charge in [0.05, 0.1) is 17.3 Å². The second kappa shape index (κ2) is 8.65. The van der Waals surface area contributed by atoms with Crippen LogP contribution in [0, 0.1) is 0 Å². The lowest BCUT2D eigenvalue weighted by Gasteiger charge is -2.09. The fourth-order valence-electron chi connectivity index (χ4n) is 1.96. The number of benzene rings is 2. The van der Waals surface area contributed by atoms with Crippen molar-refractivity contribution >= 4 is 40.5 Å². The molecule has 1 amide bonds. The number of ether oxygens (including phenoxy) is 1. The average molecular weight is 353 g/mol. The molecule has 0 saturated carbocycles. The van der Waals surface area contributed by atoms with Gasteiger partial charge in [0.1, 0.15) is 5.75 Å². The zero-order valence-electron chi connectivity index (χ0n) is 12.7. The third kappa shape index (κ3) is 5.66. The number of nitrogens with one attached hydrogen (secondary N) is 2. The summed E-state index contributed by atoms with van der Waals surface area (Å²) in [7, 11) is 0. The summed E-state index contributed by atoms with van der Waals surface area (Å²) in [5.74, 6) is 0.709. The SMILES string of the molecule is CCOc1ccc(NCCC(=O)Nc2ccc(Cl)cc2Cl)cc1. The molecule has 0 unspecified atom stereocenters. The fraction of sp³-hybridized carbons (Fsp3) is 0.235. The minimum absolute atomic E-state index is 0.118. The van der Waals surface area contributed by atoms with Crippen molar-refractivity contribution in [3.05, 3.63) is 52.5 Å². The maximum atomic E-state index is 11.9. The van der Waals surface area contributed by atoms with Crippen LogP contribution in [0.3, 0.4) is 0 Å². The lowest BCUT2D eigenvalue weighted by Crippen LogP contribution is -2.16. The Balaban J connectivity index is 1.78. The van der Waals surface area contributed by atoms with Gasteiger partial charge in [0.15, 0.2) is 0 Å². The Labute approximate surface area is 145 Å². The highest BCUT2D eigenvalue weighted by atomic mass is 35.5. The zero-order chi connectivity index (χ0) is 16.7. The molecule has 4 nitrogen and oxygen atoms in total. The molecule has 0 fully saturated rings. The van der Waals surface area contributed by atoms with Gasteiger partial charge >= 0.3 is 0 Å². The van der Waals surface area contributed by atoms with Gasteiger partial charge in [-0.2, -0.15) is 0 Å². The lowest BCUT2D eigenvalue weighted by molar-refractivity contribution is -0.115. The highest BCUT2D eigenvalue weighted by Crippen LogP contribution is 2.25. The number of hydrogen-bond acceptors (Lipinski definition) is 3. The Morgan fingerprint density at radius 2 is 1.87 bits per heavy atom. The second-order valence-corrected chi connectivity index (χ2v) is 5.65. The Morgan fingerprint density at radius 3 is 2.52 bits per heavy atom. The van der Waals surface area contributed by atoms with E-state index in [0.29, 0.717) is 35.3 Å². The van der Waals surface area contributed by atoms with E-state index in [1.807, 2.05) is 31.2 Å². The minimum Gasteiger partial charge on any atom is -0.494 e. The molecule has 0 heterocycles. The van der Waals surface area contributed by atoms with Crippen LogP contribution in [0.15, 0.2) is 42.5 Å². The van der Waals surface area contributed by atoms with Gasteiger partial charge in [0.2, 0.25) is 5.91 Å². The number of anilines is 2. The molecule has 0 aliphatic heterocycles. The molecule has 0 aliphatic rings. The van der Waals surface area contributed by atoms with Crippen LogP contribution in [0.25, 0.3) is 0 Å². The van der Waals surface area contributed by atoms with Gasteiger partial charge in [0.25, 0.3) is 0 Å². The van der Waals surface area contributed by atoms with Gasteiger partial charge in [-0.1, -0.05) is 23.2 Å². The summed E-state index contributed by atoms with van der Waals surface area (Å²) in [4.78, 5) is 11.9. The van der Waals surface area contributed by atoms with Crippen molar-refractivity contribution < 1.29 is 9.53 Å². The van der Waals surface area contributed by atoms with Crippen LogP contribution >= 0.6 is 23.2 Å². The molecule has 2 aromatic rings. The van der Waals surface area contributed by atoms with Gasteiger partial charge in [-0.25, -0.2) is 0 Å². The summed E-state index contributed by atoms with van der Waals surface area (Å²) in [6, 6.07) is 12.6. The Bertz CT molecular complexity index is 660. The maximum absolute atomic E-state index is 11.9. The first kappa shape index (κ1) is 17.4. The highest BCUT2D eigenvalue weighted by molar-refractivity contribution is 6.36. The number of carbonyl (C=O) groups is 1. The van der Waals surface area contributed by atoms with Crippen LogP contribution in [0.2, 0.25) is 10.0 Å². The van der Waals surface area contributed by atoms with Crippen LogP contribution in [0.4, 0.5) is 11.4 Å². The van der Waals surface area contributed by atoms with E-state index >= 15 is 0 Å². The molecule has 2 rings (SSSR count). The van der Waals surface area contributed by atoms with Crippen LogP contribution in [-0.2, 0) is 4.79 Å². The van der Waals surface area contributed by atoms with E-state index in [2.05, 4.69) is 10.6 Å². The molecule has 2 N–H and O–H groups in total. The third-order valence-corrected chi connectivity index (χ3v) is 3.60. The molecule has 0 aliphatic carbocycles. The molecule has 0 atom stereocenters. The summed E-state index contributed by atoms with van der Waals surface area (Å²) < 4.78 is 5.38. The monoisotopic (exact) mass is 352 g/mol. The topological polar surface area (TPSA) is 50.4 Å². The average Bonchev–Trinajstić information content (AvgIpc) is 2.52. The van der Waals surface area contributed by atoms with E-state index in [0.717, 1.165) is 11.4 Å². The van der Waals surface area contributed by atoms with Crippen molar-refractivity contribution in [2.75, 3.05) is 23.8 Å². The lowest BCUT2D eigenvalue weighted by atomic mass is 10.2. The summed E-state index contributed by atoms with van der Waals surface area (Å²) in [5, 5.41) is 6.90. The number of halogens is 2. The Hall–Kier alpha value is -1.91. The maximum Gasteiger partial charge on any atom is 0.226 e. The molecule has 0 spiro atoms. The van der Waals surface area contributed by atoms with Gasteiger partial charge in [-0.3, -0.25) is 4.79 Å². The minimum atomic E-state index is -0.118. The number of carbonyl (C=O) groups excluding carboxylic acids is 1. The molecule has 23 heavy (non-hydrogen) atoms. The van der Waals surface area contributed by atoms with Gasteiger partial charge in [0, 0.05) is 23.7 Å². The first-order chi connectivity index (χ1) is 11.1. The second-order valence-electron chi connectivity index (χ2n) is 4.81. The summed E-state index contributed by atoms with van der Waals surface area (Å²) in [5.41, 5.74) is 1.49. The van der Waals surface area contributed by atoms with Crippen molar-refractivity contribution in [3.8, 4) is 5.75 Å². The van der Waals surface area contributed by atoms with Crippen LogP contribution in [0.1, 0.15) is 13.3 Å². The normalized spacial score (nSPS) is 10.2. The van der Waals surface area contributed by atoms with E-state index < -0.39 is 0 Å². The summed E-state index contributed by atoms with van der Waals surface area (Å²) >= 11 is 11.8. The smallest absolute Gasteiger partial charge is 0.226 e. The van der Waals surface area contributed by atoms with Crippen molar-refractivity contribution in [2.24, 2.45) is 0 Å². The molecular formula is C17H18Cl2N2O2. The molecule has 0 radical (unpaired) electrons. The molecule has 0 aromatic heterocycles. The first-order valence-corrected chi connectivity index (χ1v) is 8.05. The Morgan fingerprint density at radius 1 is 1.13 bits per heavy atom. The predicted molar refractivity (Wildman–Crippen MR) is 95.8 cm³/mol. The molecule has 6 heteroatoms. The molecule has 0 bridgehead atoms. The third-order valence-electron chi connectivity index (χ3n) is 3.05. The van der Waals surface area contributed by atoms with Crippen LogP contribution in [0.5, 0.6) is 5.75 Å². The van der Waals surface area contributed by atoms with Crippen LogP contribution < -0.4 is 15.4 Å².